The fourth-order valence-electron chi connectivity index (χ4n) is 2.31. The lowest BCUT2D eigenvalue weighted by molar-refractivity contribution is -0.123. The summed E-state index contributed by atoms with van der Waals surface area (Å²) in [6.45, 7) is 1.41. The zero-order valence-electron chi connectivity index (χ0n) is 11.7. The van der Waals surface area contributed by atoms with Gasteiger partial charge in [-0.2, -0.15) is 0 Å². The standard InChI is InChI=1S/C15H21N3O2/c1-16-14(19)12-7-5-11(6-8-12)10-18-15(20)13-4-2-3-9-17-13/h5-8,13,17H,2-4,9-10H2,1H3,(H,16,19)(H,18,20). The highest BCUT2D eigenvalue weighted by molar-refractivity contribution is 5.93. The minimum absolute atomic E-state index is 0.0556. The van der Waals surface area contributed by atoms with Gasteiger partial charge in [-0.3, -0.25) is 9.59 Å². The van der Waals surface area contributed by atoms with E-state index in [0.717, 1.165) is 31.4 Å². The Labute approximate surface area is 119 Å². The van der Waals surface area contributed by atoms with E-state index in [9.17, 15) is 9.59 Å². The van der Waals surface area contributed by atoms with Gasteiger partial charge in [-0.05, 0) is 37.1 Å². The van der Waals surface area contributed by atoms with Crippen molar-refractivity contribution in [2.45, 2.75) is 31.8 Å². The van der Waals surface area contributed by atoms with Crippen LogP contribution in [0.1, 0.15) is 35.2 Å². The predicted molar refractivity (Wildman–Crippen MR) is 77.3 cm³/mol. The molecule has 20 heavy (non-hydrogen) atoms. The number of carbonyl (C=O) groups is 2. The Hall–Kier alpha value is -1.88. The molecule has 0 saturated carbocycles. The molecule has 1 aromatic rings. The number of hydrogen-bond donors (Lipinski definition) is 3. The maximum atomic E-state index is 12.0. The van der Waals surface area contributed by atoms with Crippen molar-refractivity contribution >= 4 is 11.8 Å². The summed E-state index contributed by atoms with van der Waals surface area (Å²) in [5.74, 6) is -0.0490. The molecule has 0 bridgehead atoms. The first kappa shape index (κ1) is 14.5. The molecule has 0 radical (unpaired) electrons. The summed E-state index contributed by atoms with van der Waals surface area (Å²) >= 11 is 0. The van der Waals surface area contributed by atoms with Crippen LogP contribution in [0.25, 0.3) is 0 Å². The first-order chi connectivity index (χ1) is 9.70. The van der Waals surface area contributed by atoms with Crippen molar-refractivity contribution in [1.29, 1.82) is 0 Å². The summed E-state index contributed by atoms with van der Waals surface area (Å²) < 4.78 is 0. The van der Waals surface area contributed by atoms with Gasteiger partial charge >= 0.3 is 0 Å². The Bertz CT molecular complexity index is 465. The van der Waals surface area contributed by atoms with Gasteiger partial charge in [0.25, 0.3) is 5.91 Å². The third-order valence-corrected chi connectivity index (χ3v) is 3.54. The molecule has 1 heterocycles. The van der Waals surface area contributed by atoms with E-state index in [-0.39, 0.29) is 17.9 Å². The summed E-state index contributed by atoms with van der Waals surface area (Å²) in [5.41, 5.74) is 1.61. The molecule has 1 fully saturated rings. The normalized spacial score (nSPS) is 18.4. The summed E-state index contributed by atoms with van der Waals surface area (Å²) in [6.07, 6.45) is 3.15. The highest BCUT2D eigenvalue weighted by Crippen LogP contribution is 2.08. The fourth-order valence-corrected chi connectivity index (χ4v) is 2.31. The van der Waals surface area contributed by atoms with Crippen LogP contribution >= 0.6 is 0 Å². The van der Waals surface area contributed by atoms with Crippen LogP contribution < -0.4 is 16.0 Å². The number of benzene rings is 1. The van der Waals surface area contributed by atoms with Crippen LogP contribution in [0.2, 0.25) is 0 Å². The van der Waals surface area contributed by atoms with Crippen LogP contribution in [0.4, 0.5) is 0 Å². The van der Waals surface area contributed by atoms with Crippen LogP contribution in [-0.4, -0.2) is 31.4 Å². The number of hydrogen-bond acceptors (Lipinski definition) is 3. The smallest absolute Gasteiger partial charge is 0.251 e. The summed E-state index contributed by atoms with van der Waals surface area (Å²) in [5, 5.41) is 8.73. The average Bonchev–Trinajstić information content (AvgIpc) is 2.53. The van der Waals surface area contributed by atoms with Gasteiger partial charge in [-0.25, -0.2) is 0 Å². The number of carbonyl (C=O) groups excluding carboxylic acids is 2. The Kier molecular flexibility index (Phi) is 5.12. The quantitative estimate of drug-likeness (QED) is 0.761. The zero-order chi connectivity index (χ0) is 14.4. The predicted octanol–water partition coefficient (Wildman–Crippen LogP) is 0.804. The van der Waals surface area contributed by atoms with Crippen molar-refractivity contribution < 1.29 is 9.59 Å². The zero-order valence-corrected chi connectivity index (χ0v) is 11.7. The first-order valence-corrected chi connectivity index (χ1v) is 7.03. The molecule has 5 heteroatoms. The molecule has 2 rings (SSSR count). The van der Waals surface area contributed by atoms with E-state index < -0.39 is 0 Å². The molecule has 1 aliphatic rings. The minimum Gasteiger partial charge on any atom is -0.355 e. The first-order valence-electron chi connectivity index (χ1n) is 7.03. The van der Waals surface area contributed by atoms with Gasteiger partial charge in [0.1, 0.15) is 0 Å². The molecule has 108 valence electrons. The van der Waals surface area contributed by atoms with Crippen molar-refractivity contribution in [3.8, 4) is 0 Å². The lowest BCUT2D eigenvalue weighted by atomic mass is 10.0. The van der Waals surface area contributed by atoms with Gasteiger partial charge in [0.05, 0.1) is 6.04 Å². The highest BCUT2D eigenvalue weighted by atomic mass is 16.2. The highest BCUT2D eigenvalue weighted by Gasteiger charge is 2.19. The van der Waals surface area contributed by atoms with E-state index in [1.165, 1.54) is 0 Å². The summed E-state index contributed by atoms with van der Waals surface area (Å²) in [6, 6.07) is 7.19. The van der Waals surface area contributed by atoms with Crippen LogP contribution in [0.15, 0.2) is 24.3 Å². The van der Waals surface area contributed by atoms with E-state index >= 15 is 0 Å². The molecule has 2 amide bonds. The van der Waals surface area contributed by atoms with Crippen LogP contribution in [0.3, 0.4) is 0 Å². The van der Waals surface area contributed by atoms with Crippen molar-refractivity contribution in [1.82, 2.24) is 16.0 Å². The molecule has 1 atom stereocenters. The number of amides is 2. The molecule has 1 saturated heterocycles. The minimum atomic E-state index is -0.105. The molecule has 0 aromatic heterocycles. The second-order valence-corrected chi connectivity index (χ2v) is 5.00. The molecule has 1 aliphatic heterocycles. The van der Waals surface area contributed by atoms with E-state index in [1.807, 2.05) is 12.1 Å². The summed E-state index contributed by atoms with van der Waals surface area (Å²) in [4.78, 5) is 23.4. The van der Waals surface area contributed by atoms with Crippen LogP contribution in [0.5, 0.6) is 0 Å². The summed E-state index contributed by atoms with van der Waals surface area (Å²) in [7, 11) is 1.60. The van der Waals surface area contributed by atoms with Gasteiger partial charge < -0.3 is 16.0 Å². The topological polar surface area (TPSA) is 70.2 Å². The van der Waals surface area contributed by atoms with E-state index in [4.69, 9.17) is 0 Å². The van der Waals surface area contributed by atoms with E-state index in [2.05, 4.69) is 16.0 Å². The van der Waals surface area contributed by atoms with Crippen molar-refractivity contribution in [3.05, 3.63) is 35.4 Å². The Balaban J connectivity index is 1.84. The van der Waals surface area contributed by atoms with Gasteiger partial charge in [-0.15, -0.1) is 0 Å². The van der Waals surface area contributed by atoms with E-state index in [1.54, 1.807) is 19.2 Å². The molecule has 1 aromatic carbocycles. The van der Waals surface area contributed by atoms with Crippen molar-refractivity contribution in [2.75, 3.05) is 13.6 Å². The third kappa shape index (κ3) is 3.81. The Morgan fingerprint density at radius 3 is 2.60 bits per heavy atom. The molecule has 1 unspecified atom stereocenters. The van der Waals surface area contributed by atoms with E-state index in [0.29, 0.717) is 12.1 Å². The van der Waals surface area contributed by atoms with Crippen molar-refractivity contribution in [3.63, 3.8) is 0 Å². The second-order valence-electron chi connectivity index (χ2n) is 5.00. The molecular formula is C15H21N3O2. The third-order valence-electron chi connectivity index (χ3n) is 3.54. The van der Waals surface area contributed by atoms with Gasteiger partial charge in [-0.1, -0.05) is 18.6 Å². The lowest BCUT2D eigenvalue weighted by Crippen LogP contribution is -2.46. The van der Waals surface area contributed by atoms with Crippen molar-refractivity contribution in [2.24, 2.45) is 0 Å². The molecule has 3 N–H and O–H groups in total. The number of piperidine rings is 1. The van der Waals surface area contributed by atoms with Gasteiger partial charge in [0.15, 0.2) is 0 Å². The number of rotatable bonds is 4. The molecule has 5 nitrogen and oxygen atoms in total. The molecular weight excluding hydrogens is 254 g/mol. The SMILES string of the molecule is CNC(=O)c1ccc(CNC(=O)C2CCCCN2)cc1. The Morgan fingerprint density at radius 2 is 2.00 bits per heavy atom. The maximum Gasteiger partial charge on any atom is 0.251 e. The molecule has 0 spiro atoms. The average molecular weight is 275 g/mol. The lowest BCUT2D eigenvalue weighted by Gasteiger charge is -2.22. The van der Waals surface area contributed by atoms with Gasteiger partial charge in [0, 0.05) is 19.2 Å². The van der Waals surface area contributed by atoms with Crippen LogP contribution in [0, 0.1) is 0 Å². The molecule has 0 aliphatic carbocycles. The fraction of sp³-hybridized carbons (Fsp3) is 0.467. The monoisotopic (exact) mass is 275 g/mol. The second kappa shape index (κ2) is 7.05. The van der Waals surface area contributed by atoms with Crippen LogP contribution in [-0.2, 0) is 11.3 Å². The Morgan fingerprint density at radius 1 is 1.25 bits per heavy atom. The van der Waals surface area contributed by atoms with Gasteiger partial charge in [0.2, 0.25) is 5.91 Å². The number of nitrogens with one attached hydrogen (secondary N) is 3. The maximum absolute atomic E-state index is 12.0. The largest absolute Gasteiger partial charge is 0.355 e.